The molecule has 8 nitrogen and oxygen atoms in total. The summed E-state index contributed by atoms with van der Waals surface area (Å²) in [5.41, 5.74) is 2.28. The molecule has 2 aliphatic heterocycles. The summed E-state index contributed by atoms with van der Waals surface area (Å²) in [5.74, 6) is 2.85. The van der Waals surface area contributed by atoms with Crippen LogP contribution in [0.3, 0.4) is 0 Å². The second-order valence-corrected chi connectivity index (χ2v) is 11.5. The molecule has 2 saturated heterocycles. The van der Waals surface area contributed by atoms with Gasteiger partial charge in [0.05, 0.1) is 13.1 Å². The number of benzene rings is 1. The maximum atomic E-state index is 13.3. The first-order valence-corrected chi connectivity index (χ1v) is 13.7. The predicted molar refractivity (Wildman–Crippen MR) is 145 cm³/mol. The molecule has 0 bridgehead atoms. The van der Waals surface area contributed by atoms with Gasteiger partial charge in [-0.15, -0.1) is 0 Å². The third-order valence-electron chi connectivity index (χ3n) is 8.01. The molecule has 4 heterocycles. The number of carbonyl (C=O) groups is 1. The first kappa shape index (κ1) is 25.7. The number of aromatic amines is 1. The zero-order chi connectivity index (χ0) is 25.8. The van der Waals surface area contributed by atoms with E-state index in [0.717, 1.165) is 56.4 Å². The first-order chi connectivity index (χ1) is 17.9. The molecular weight excluding hydrogens is 462 g/mol. The second kappa shape index (κ2) is 11.2. The highest BCUT2D eigenvalue weighted by Gasteiger charge is 2.42. The molecule has 0 aliphatic carbocycles. The van der Waals surface area contributed by atoms with Gasteiger partial charge in [-0.05, 0) is 68.4 Å². The number of imidazole rings is 2. The van der Waals surface area contributed by atoms with Gasteiger partial charge < -0.3 is 19.4 Å². The molecule has 0 atom stereocenters. The average Bonchev–Trinajstić information content (AvgIpc) is 3.64. The van der Waals surface area contributed by atoms with Crippen molar-refractivity contribution in [3.8, 4) is 0 Å². The third-order valence-corrected chi connectivity index (χ3v) is 8.01. The first-order valence-electron chi connectivity index (χ1n) is 13.7. The number of amides is 1. The van der Waals surface area contributed by atoms with E-state index in [0.29, 0.717) is 11.3 Å². The number of carbonyl (C=O) groups excluding carboxylic acids is 1. The number of piperidine rings is 1. The van der Waals surface area contributed by atoms with E-state index in [-0.39, 0.29) is 5.91 Å². The number of hydrogen-bond acceptors (Lipinski definition) is 5. The monoisotopic (exact) mass is 503 g/mol. The highest BCUT2D eigenvalue weighted by molar-refractivity contribution is 5.94. The van der Waals surface area contributed by atoms with Crippen LogP contribution in [0.25, 0.3) is 0 Å². The Morgan fingerprint density at radius 3 is 2.51 bits per heavy atom. The molecule has 8 heteroatoms. The summed E-state index contributed by atoms with van der Waals surface area (Å²) in [6.07, 6.45) is 11.1. The van der Waals surface area contributed by atoms with E-state index in [2.05, 4.69) is 67.2 Å². The van der Waals surface area contributed by atoms with E-state index in [1.54, 1.807) is 6.20 Å². The smallest absolute Gasteiger partial charge is 0.253 e. The van der Waals surface area contributed by atoms with Crippen LogP contribution in [0.2, 0.25) is 0 Å². The number of likely N-dealkylation sites (tertiary alicyclic amines) is 2. The van der Waals surface area contributed by atoms with Crippen LogP contribution < -0.4 is 0 Å². The van der Waals surface area contributed by atoms with Crippen LogP contribution in [0, 0.1) is 11.3 Å². The molecule has 1 aromatic carbocycles. The van der Waals surface area contributed by atoms with Gasteiger partial charge in [0.2, 0.25) is 0 Å². The van der Waals surface area contributed by atoms with E-state index in [1.165, 1.54) is 38.0 Å². The van der Waals surface area contributed by atoms with E-state index >= 15 is 0 Å². The van der Waals surface area contributed by atoms with Crippen LogP contribution in [0.1, 0.15) is 60.7 Å². The minimum Gasteiger partial charge on any atom is -0.348 e. The maximum Gasteiger partial charge on any atom is 0.253 e. The van der Waals surface area contributed by atoms with Crippen LogP contribution >= 0.6 is 0 Å². The Morgan fingerprint density at radius 2 is 1.81 bits per heavy atom. The van der Waals surface area contributed by atoms with Gasteiger partial charge in [0.25, 0.3) is 5.91 Å². The molecule has 5 rings (SSSR count). The minimum atomic E-state index is 0.177. The predicted octanol–water partition coefficient (Wildman–Crippen LogP) is 3.87. The Labute approximate surface area is 220 Å². The van der Waals surface area contributed by atoms with Crippen molar-refractivity contribution >= 4 is 5.91 Å². The Hall–Kier alpha value is -2.97. The molecule has 1 spiro atoms. The van der Waals surface area contributed by atoms with Gasteiger partial charge in [0, 0.05) is 56.5 Å². The van der Waals surface area contributed by atoms with Gasteiger partial charge in [-0.1, -0.05) is 26.0 Å². The minimum absolute atomic E-state index is 0.177. The van der Waals surface area contributed by atoms with Crippen LogP contribution in [0.5, 0.6) is 0 Å². The summed E-state index contributed by atoms with van der Waals surface area (Å²) in [6.45, 7) is 12.1. The maximum absolute atomic E-state index is 13.3. The topological polar surface area (TPSA) is 73.3 Å². The summed E-state index contributed by atoms with van der Waals surface area (Å²) in [5, 5.41) is 0. The molecule has 0 radical (unpaired) electrons. The third kappa shape index (κ3) is 6.30. The Morgan fingerprint density at radius 1 is 1.05 bits per heavy atom. The summed E-state index contributed by atoms with van der Waals surface area (Å²) >= 11 is 0. The lowest BCUT2D eigenvalue weighted by Crippen LogP contribution is -2.43. The molecule has 37 heavy (non-hydrogen) atoms. The molecule has 1 amide bonds. The number of nitrogens with zero attached hydrogens (tertiary/aromatic N) is 6. The van der Waals surface area contributed by atoms with Gasteiger partial charge in [0.1, 0.15) is 11.6 Å². The standard InChI is InChI=1S/C29H41N7O/c1-23(2)18-34-14-8-29(9-15-34)10-16-36(22-29)28(37)25-6-4-24(5-7-25)19-35-17-13-32-27(35)21-33(3)20-26-30-11-12-31-26/h4-7,11-13,17,23H,8-10,14-16,18-22H2,1-3H3,(H,30,31). The number of H-pyrrole nitrogens is 1. The fourth-order valence-electron chi connectivity index (χ4n) is 5.95. The largest absolute Gasteiger partial charge is 0.348 e. The molecule has 0 unspecified atom stereocenters. The number of nitrogens with one attached hydrogen (secondary N) is 1. The van der Waals surface area contributed by atoms with Crippen molar-refractivity contribution in [1.29, 1.82) is 0 Å². The van der Waals surface area contributed by atoms with E-state index in [1.807, 2.05) is 30.7 Å². The molecular formula is C29H41N7O. The van der Waals surface area contributed by atoms with Crippen molar-refractivity contribution in [2.24, 2.45) is 11.3 Å². The lowest BCUT2D eigenvalue weighted by atomic mass is 9.77. The Bertz CT molecular complexity index is 1140. The quantitative estimate of drug-likeness (QED) is 0.480. The molecule has 2 fully saturated rings. The lowest BCUT2D eigenvalue weighted by Gasteiger charge is -2.39. The fraction of sp³-hybridized carbons (Fsp3) is 0.552. The van der Waals surface area contributed by atoms with Gasteiger partial charge in [-0.3, -0.25) is 9.69 Å². The van der Waals surface area contributed by atoms with Gasteiger partial charge in [0.15, 0.2) is 0 Å². The van der Waals surface area contributed by atoms with Gasteiger partial charge >= 0.3 is 0 Å². The highest BCUT2D eigenvalue weighted by atomic mass is 16.2. The number of aromatic nitrogens is 4. The summed E-state index contributed by atoms with van der Waals surface area (Å²) in [7, 11) is 2.07. The van der Waals surface area contributed by atoms with Crippen LogP contribution in [0.4, 0.5) is 0 Å². The number of hydrogen-bond donors (Lipinski definition) is 1. The van der Waals surface area contributed by atoms with Crippen LogP contribution in [0.15, 0.2) is 49.1 Å². The van der Waals surface area contributed by atoms with Crippen molar-refractivity contribution in [2.75, 3.05) is 39.8 Å². The molecule has 0 saturated carbocycles. The summed E-state index contributed by atoms with van der Waals surface area (Å²) < 4.78 is 2.17. The molecule has 1 N–H and O–H groups in total. The Balaban J connectivity index is 1.14. The lowest BCUT2D eigenvalue weighted by molar-refractivity contribution is 0.0709. The van der Waals surface area contributed by atoms with Crippen molar-refractivity contribution in [2.45, 2.75) is 52.7 Å². The van der Waals surface area contributed by atoms with Crippen molar-refractivity contribution in [3.63, 3.8) is 0 Å². The summed E-state index contributed by atoms with van der Waals surface area (Å²) in [4.78, 5) is 32.2. The Kier molecular flexibility index (Phi) is 7.76. The molecule has 3 aromatic rings. The molecule has 2 aliphatic rings. The van der Waals surface area contributed by atoms with Crippen molar-refractivity contribution in [3.05, 3.63) is 71.8 Å². The van der Waals surface area contributed by atoms with E-state index in [9.17, 15) is 4.79 Å². The molecule has 198 valence electrons. The zero-order valence-corrected chi connectivity index (χ0v) is 22.6. The van der Waals surface area contributed by atoms with E-state index < -0.39 is 0 Å². The van der Waals surface area contributed by atoms with E-state index in [4.69, 9.17) is 0 Å². The SMILES string of the molecule is CC(C)CN1CCC2(CC1)CCN(C(=O)c1ccc(Cn3ccnc3CN(C)Cc3ncc[nH]3)cc1)C2. The second-order valence-electron chi connectivity index (χ2n) is 11.5. The van der Waals surface area contributed by atoms with Crippen molar-refractivity contribution in [1.82, 2.24) is 34.2 Å². The number of rotatable bonds is 9. The zero-order valence-electron chi connectivity index (χ0n) is 22.6. The van der Waals surface area contributed by atoms with Crippen LogP contribution in [-0.2, 0) is 19.6 Å². The van der Waals surface area contributed by atoms with Gasteiger partial charge in [-0.25, -0.2) is 9.97 Å². The molecule has 2 aromatic heterocycles. The normalized spacial score (nSPS) is 17.9. The highest BCUT2D eigenvalue weighted by Crippen LogP contribution is 2.40. The summed E-state index contributed by atoms with van der Waals surface area (Å²) in [6, 6.07) is 8.15. The van der Waals surface area contributed by atoms with Crippen molar-refractivity contribution < 1.29 is 4.79 Å². The van der Waals surface area contributed by atoms with Gasteiger partial charge in [-0.2, -0.15) is 0 Å². The van der Waals surface area contributed by atoms with Crippen LogP contribution in [-0.4, -0.2) is 79.9 Å². The average molecular weight is 504 g/mol. The fourth-order valence-corrected chi connectivity index (χ4v) is 5.95.